The highest BCUT2D eigenvalue weighted by atomic mass is 16.2. The number of hydrogen-bond donors (Lipinski definition) is 2. The molecule has 1 saturated carbocycles. The van der Waals surface area contributed by atoms with Gasteiger partial charge in [0.15, 0.2) is 0 Å². The Morgan fingerprint density at radius 1 is 1.48 bits per heavy atom. The minimum atomic E-state index is -0.0551. The summed E-state index contributed by atoms with van der Waals surface area (Å²) < 4.78 is 3.58. The maximum absolute atomic E-state index is 12.1. The molecule has 21 heavy (non-hydrogen) atoms. The summed E-state index contributed by atoms with van der Waals surface area (Å²) in [7, 11) is 0. The number of nitrogens with one attached hydrogen (secondary N) is 1. The summed E-state index contributed by atoms with van der Waals surface area (Å²) in [4.78, 5) is 16.2. The minimum Gasteiger partial charge on any atom is -0.350 e. The van der Waals surface area contributed by atoms with E-state index in [1.807, 2.05) is 6.20 Å². The van der Waals surface area contributed by atoms with Gasteiger partial charge in [0.25, 0.3) is 0 Å². The van der Waals surface area contributed by atoms with Crippen molar-refractivity contribution in [2.45, 2.75) is 44.4 Å². The topological polar surface area (TPSA) is 104 Å². The van der Waals surface area contributed by atoms with Crippen molar-refractivity contribution in [1.29, 1.82) is 0 Å². The molecule has 3 rings (SSSR count). The Hall–Kier alpha value is -2.22. The molecule has 112 valence electrons. The summed E-state index contributed by atoms with van der Waals surface area (Å²) in [5.74, 6) is -0.0551. The van der Waals surface area contributed by atoms with Crippen LogP contribution >= 0.6 is 0 Å². The molecular weight excluding hydrogens is 270 g/mol. The molecule has 0 saturated heterocycles. The Morgan fingerprint density at radius 3 is 3.10 bits per heavy atom. The van der Waals surface area contributed by atoms with Crippen molar-refractivity contribution >= 4 is 5.91 Å². The van der Waals surface area contributed by atoms with Crippen LogP contribution < -0.4 is 11.1 Å². The lowest BCUT2D eigenvalue weighted by Gasteiger charge is -2.22. The molecule has 2 unspecified atom stereocenters. The molecule has 1 aliphatic carbocycles. The Morgan fingerprint density at radius 2 is 2.38 bits per heavy atom. The van der Waals surface area contributed by atoms with Crippen molar-refractivity contribution < 1.29 is 4.79 Å². The lowest BCUT2D eigenvalue weighted by Crippen LogP contribution is -2.39. The summed E-state index contributed by atoms with van der Waals surface area (Å²) in [6.07, 6.45) is 10.4. The first-order valence-corrected chi connectivity index (χ1v) is 7.12. The predicted molar refractivity (Wildman–Crippen MR) is 75.0 cm³/mol. The lowest BCUT2D eigenvalue weighted by atomic mass is 10.1. The number of amides is 1. The van der Waals surface area contributed by atoms with E-state index in [0.717, 1.165) is 19.3 Å². The number of carbonyl (C=O) groups excluding carboxylic acids is 1. The molecule has 2 aromatic heterocycles. The van der Waals surface area contributed by atoms with Crippen molar-refractivity contribution in [2.24, 2.45) is 5.73 Å². The molecule has 0 aliphatic heterocycles. The van der Waals surface area contributed by atoms with E-state index in [-0.39, 0.29) is 24.5 Å². The molecule has 8 nitrogen and oxygen atoms in total. The van der Waals surface area contributed by atoms with Gasteiger partial charge < -0.3 is 15.6 Å². The fourth-order valence-electron chi connectivity index (χ4n) is 2.84. The second kappa shape index (κ2) is 6.04. The van der Waals surface area contributed by atoms with Gasteiger partial charge in [0.2, 0.25) is 5.91 Å². The third kappa shape index (κ3) is 3.10. The van der Waals surface area contributed by atoms with Crippen LogP contribution in [0.4, 0.5) is 0 Å². The number of nitrogens with zero attached hydrogens (tertiary/aromatic N) is 5. The molecule has 2 atom stereocenters. The first-order chi connectivity index (χ1) is 10.3. The maximum Gasteiger partial charge on any atom is 0.242 e. The fraction of sp³-hybridized carbons (Fsp3) is 0.538. The Bertz CT molecular complexity index is 591. The highest BCUT2D eigenvalue weighted by Gasteiger charge is 2.29. The number of carbonyl (C=O) groups is 1. The Kier molecular flexibility index (Phi) is 3.96. The normalized spacial score (nSPS) is 21.6. The molecule has 0 aromatic carbocycles. The maximum atomic E-state index is 12.1. The van der Waals surface area contributed by atoms with Crippen LogP contribution in [0.25, 0.3) is 0 Å². The van der Waals surface area contributed by atoms with Crippen LogP contribution in [0.15, 0.2) is 24.9 Å². The Labute approximate surface area is 122 Å². The minimum absolute atomic E-state index is 0.0551. The SMILES string of the molecule is NCc1cn(CC(=O)NC2CCCC2n2ccnc2)nn1. The van der Waals surface area contributed by atoms with E-state index >= 15 is 0 Å². The summed E-state index contributed by atoms with van der Waals surface area (Å²) in [6, 6.07) is 0.427. The van der Waals surface area contributed by atoms with Crippen LogP contribution in [-0.4, -0.2) is 36.5 Å². The highest BCUT2D eigenvalue weighted by Crippen LogP contribution is 2.29. The summed E-state index contributed by atoms with van der Waals surface area (Å²) in [5, 5.41) is 10.8. The molecule has 1 amide bonds. The van der Waals surface area contributed by atoms with Gasteiger partial charge in [-0.25, -0.2) is 9.67 Å². The van der Waals surface area contributed by atoms with E-state index in [0.29, 0.717) is 12.2 Å². The smallest absolute Gasteiger partial charge is 0.242 e. The average Bonchev–Trinajstić information content (AvgIpc) is 3.18. The Balaban J connectivity index is 1.59. The van der Waals surface area contributed by atoms with E-state index in [9.17, 15) is 4.79 Å². The number of imidazole rings is 1. The average molecular weight is 289 g/mol. The van der Waals surface area contributed by atoms with Crippen molar-refractivity contribution in [2.75, 3.05) is 0 Å². The number of rotatable bonds is 5. The highest BCUT2D eigenvalue weighted by molar-refractivity contribution is 5.76. The van der Waals surface area contributed by atoms with Crippen LogP contribution in [0.1, 0.15) is 31.0 Å². The third-order valence-corrected chi connectivity index (χ3v) is 3.83. The predicted octanol–water partition coefficient (Wildman–Crippen LogP) is -0.157. The molecule has 0 spiro atoms. The molecule has 1 aliphatic rings. The van der Waals surface area contributed by atoms with Gasteiger partial charge in [0.05, 0.1) is 24.3 Å². The zero-order valence-corrected chi connectivity index (χ0v) is 11.7. The lowest BCUT2D eigenvalue weighted by molar-refractivity contribution is -0.122. The van der Waals surface area contributed by atoms with Gasteiger partial charge in [-0.15, -0.1) is 5.10 Å². The van der Waals surface area contributed by atoms with Gasteiger partial charge in [-0.1, -0.05) is 5.21 Å². The standard InChI is InChI=1S/C13H19N7O/c14-6-10-7-20(18-17-10)8-13(21)16-11-2-1-3-12(11)19-5-4-15-9-19/h4-5,7,9,11-12H,1-3,6,8,14H2,(H,16,21). The van der Waals surface area contributed by atoms with Crippen LogP contribution in [0.5, 0.6) is 0 Å². The first kappa shape index (κ1) is 13.7. The molecule has 1 fully saturated rings. The van der Waals surface area contributed by atoms with Gasteiger partial charge in [-0.2, -0.15) is 0 Å². The fourth-order valence-corrected chi connectivity index (χ4v) is 2.84. The van der Waals surface area contributed by atoms with Gasteiger partial charge in [0.1, 0.15) is 6.54 Å². The van der Waals surface area contributed by atoms with Crippen molar-refractivity contribution in [3.8, 4) is 0 Å². The zero-order valence-electron chi connectivity index (χ0n) is 11.7. The molecule has 2 heterocycles. The summed E-state index contributed by atoms with van der Waals surface area (Å²) >= 11 is 0. The van der Waals surface area contributed by atoms with Crippen molar-refractivity contribution in [1.82, 2.24) is 29.9 Å². The van der Waals surface area contributed by atoms with Crippen LogP contribution in [0.2, 0.25) is 0 Å². The number of hydrogen-bond acceptors (Lipinski definition) is 5. The molecule has 8 heteroatoms. The van der Waals surface area contributed by atoms with E-state index in [2.05, 4.69) is 25.2 Å². The van der Waals surface area contributed by atoms with Crippen LogP contribution in [0, 0.1) is 0 Å². The van der Waals surface area contributed by atoms with E-state index in [1.54, 1.807) is 18.7 Å². The monoisotopic (exact) mass is 289 g/mol. The largest absolute Gasteiger partial charge is 0.350 e. The van der Waals surface area contributed by atoms with Gasteiger partial charge in [-0.05, 0) is 19.3 Å². The van der Waals surface area contributed by atoms with Gasteiger partial charge >= 0.3 is 0 Å². The molecule has 0 radical (unpaired) electrons. The molecule has 3 N–H and O–H groups in total. The van der Waals surface area contributed by atoms with Gasteiger partial charge in [-0.3, -0.25) is 4.79 Å². The summed E-state index contributed by atoms with van der Waals surface area (Å²) in [5.41, 5.74) is 6.15. The van der Waals surface area contributed by atoms with Crippen LogP contribution in [-0.2, 0) is 17.9 Å². The van der Waals surface area contributed by atoms with Crippen molar-refractivity contribution in [3.63, 3.8) is 0 Å². The van der Waals surface area contributed by atoms with E-state index in [1.165, 1.54) is 4.68 Å². The van der Waals surface area contributed by atoms with Crippen molar-refractivity contribution in [3.05, 3.63) is 30.6 Å². The second-order valence-electron chi connectivity index (χ2n) is 5.29. The molecular formula is C13H19N7O. The molecule has 0 bridgehead atoms. The number of nitrogens with two attached hydrogens (primary N) is 1. The van der Waals surface area contributed by atoms with Crippen LogP contribution in [0.3, 0.4) is 0 Å². The zero-order chi connectivity index (χ0) is 14.7. The third-order valence-electron chi connectivity index (χ3n) is 3.83. The van der Waals surface area contributed by atoms with E-state index < -0.39 is 0 Å². The van der Waals surface area contributed by atoms with E-state index in [4.69, 9.17) is 5.73 Å². The summed E-state index contributed by atoms with van der Waals surface area (Å²) in [6.45, 7) is 0.493. The number of aromatic nitrogens is 5. The molecule has 2 aromatic rings. The first-order valence-electron chi connectivity index (χ1n) is 7.12. The second-order valence-corrected chi connectivity index (χ2v) is 5.29. The quantitative estimate of drug-likeness (QED) is 0.796. The van der Waals surface area contributed by atoms with Gasteiger partial charge in [0, 0.05) is 25.0 Å².